The monoisotopic (exact) mass is 215 g/mol. The van der Waals surface area contributed by atoms with Crippen molar-refractivity contribution in [3.63, 3.8) is 0 Å². The van der Waals surface area contributed by atoms with Crippen LogP contribution in [0.25, 0.3) is 0 Å². The molecule has 0 aliphatic rings. The number of carbonyl (C=O) groups is 1. The van der Waals surface area contributed by atoms with Crippen LogP contribution in [-0.4, -0.2) is 23.4 Å². The number of carboxylic acid groups (broad SMARTS) is 1. The Morgan fingerprint density at radius 2 is 2.29 bits per heavy atom. The van der Waals surface area contributed by atoms with E-state index in [0.717, 1.165) is 6.07 Å². The van der Waals surface area contributed by atoms with Crippen molar-refractivity contribution in [3.8, 4) is 0 Å². The molecule has 0 bridgehead atoms. The van der Waals surface area contributed by atoms with Gasteiger partial charge in [-0.3, -0.25) is 0 Å². The quantitative estimate of drug-likeness (QED) is 0.748. The summed E-state index contributed by atoms with van der Waals surface area (Å²) in [6.45, 7) is 0.432. The zero-order valence-corrected chi connectivity index (χ0v) is 8.18. The molecule has 0 aliphatic carbocycles. The molecule has 76 valence electrons. The van der Waals surface area contributed by atoms with Crippen molar-refractivity contribution in [3.05, 3.63) is 29.6 Å². The molecule has 0 aliphatic heterocycles. The summed E-state index contributed by atoms with van der Waals surface area (Å²) in [6.07, 6.45) is 0. The zero-order chi connectivity index (χ0) is 10.6. The fourth-order valence-corrected chi connectivity index (χ4v) is 1.67. The van der Waals surface area contributed by atoms with E-state index in [1.165, 1.54) is 23.9 Å². The smallest absolute Gasteiger partial charge is 0.335 e. The van der Waals surface area contributed by atoms with Gasteiger partial charge in [-0.25, -0.2) is 9.18 Å². The molecule has 0 aromatic heterocycles. The van der Waals surface area contributed by atoms with E-state index in [1.807, 2.05) is 0 Å². The second-order valence-corrected chi connectivity index (χ2v) is 3.72. The van der Waals surface area contributed by atoms with Gasteiger partial charge in [-0.2, -0.15) is 0 Å². The predicted molar refractivity (Wildman–Crippen MR) is 53.1 cm³/mol. The van der Waals surface area contributed by atoms with Crippen LogP contribution in [0, 0.1) is 5.82 Å². The van der Waals surface area contributed by atoms with Crippen molar-refractivity contribution in [2.24, 2.45) is 5.73 Å². The van der Waals surface area contributed by atoms with E-state index < -0.39 is 11.8 Å². The third-order valence-electron chi connectivity index (χ3n) is 1.55. The highest BCUT2D eigenvalue weighted by Gasteiger charge is 2.08. The molecule has 1 aromatic rings. The SMILES string of the molecule is NCCSc1cc(C(=O)O)ccc1F. The van der Waals surface area contributed by atoms with E-state index in [4.69, 9.17) is 10.8 Å². The lowest BCUT2D eigenvalue weighted by atomic mass is 10.2. The van der Waals surface area contributed by atoms with Gasteiger partial charge in [-0.05, 0) is 18.2 Å². The number of benzene rings is 1. The first-order valence-corrected chi connectivity index (χ1v) is 4.99. The Morgan fingerprint density at radius 1 is 1.57 bits per heavy atom. The largest absolute Gasteiger partial charge is 0.478 e. The maximum absolute atomic E-state index is 13.1. The molecule has 0 saturated carbocycles. The molecule has 3 nitrogen and oxygen atoms in total. The van der Waals surface area contributed by atoms with Crippen LogP contribution in [0.3, 0.4) is 0 Å². The number of thioether (sulfide) groups is 1. The van der Waals surface area contributed by atoms with Crippen molar-refractivity contribution in [1.82, 2.24) is 0 Å². The number of hydrogen-bond donors (Lipinski definition) is 2. The molecule has 0 amide bonds. The van der Waals surface area contributed by atoms with E-state index in [9.17, 15) is 9.18 Å². The van der Waals surface area contributed by atoms with Gasteiger partial charge in [0.15, 0.2) is 0 Å². The first-order valence-electron chi connectivity index (χ1n) is 4.01. The van der Waals surface area contributed by atoms with Crippen LogP contribution < -0.4 is 5.73 Å². The first-order chi connectivity index (χ1) is 6.65. The van der Waals surface area contributed by atoms with Crippen LogP contribution in [0.2, 0.25) is 0 Å². The van der Waals surface area contributed by atoms with Gasteiger partial charge in [0.05, 0.1) is 5.56 Å². The molecule has 3 N–H and O–H groups in total. The number of halogens is 1. The Balaban J connectivity index is 2.90. The molecule has 0 radical (unpaired) electrons. The molecular weight excluding hydrogens is 205 g/mol. The number of aromatic carboxylic acids is 1. The molecule has 0 fully saturated rings. The molecule has 0 unspecified atom stereocenters. The van der Waals surface area contributed by atoms with Crippen LogP contribution in [0.1, 0.15) is 10.4 Å². The highest BCUT2D eigenvalue weighted by Crippen LogP contribution is 2.22. The van der Waals surface area contributed by atoms with Gasteiger partial charge in [0.25, 0.3) is 0 Å². The minimum Gasteiger partial charge on any atom is -0.478 e. The average molecular weight is 215 g/mol. The zero-order valence-electron chi connectivity index (χ0n) is 7.37. The fraction of sp³-hybridized carbons (Fsp3) is 0.222. The van der Waals surface area contributed by atoms with E-state index in [-0.39, 0.29) is 5.56 Å². The minimum atomic E-state index is -1.06. The Kier molecular flexibility index (Phi) is 3.91. The maximum Gasteiger partial charge on any atom is 0.335 e. The number of rotatable bonds is 4. The first kappa shape index (κ1) is 11.0. The van der Waals surface area contributed by atoms with Crippen LogP contribution in [-0.2, 0) is 0 Å². The summed E-state index contributed by atoms with van der Waals surface area (Å²) in [6, 6.07) is 3.71. The van der Waals surface area contributed by atoms with E-state index >= 15 is 0 Å². The maximum atomic E-state index is 13.1. The van der Waals surface area contributed by atoms with E-state index in [0.29, 0.717) is 17.2 Å². The molecule has 0 saturated heterocycles. The molecule has 0 spiro atoms. The fourth-order valence-electron chi connectivity index (χ4n) is 0.916. The molecule has 14 heavy (non-hydrogen) atoms. The van der Waals surface area contributed by atoms with Crippen molar-refractivity contribution in [2.75, 3.05) is 12.3 Å². The molecule has 0 heterocycles. The summed E-state index contributed by atoms with van der Waals surface area (Å²) >= 11 is 1.22. The third kappa shape index (κ3) is 2.71. The Labute approximate surface area is 85.1 Å². The summed E-state index contributed by atoms with van der Waals surface area (Å²) < 4.78 is 13.1. The van der Waals surface area contributed by atoms with E-state index in [1.54, 1.807) is 0 Å². The molecular formula is C9H10FNO2S. The highest BCUT2D eigenvalue weighted by atomic mass is 32.2. The van der Waals surface area contributed by atoms with Gasteiger partial charge in [-0.15, -0.1) is 11.8 Å². The summed E-state index contributed by atoms with van der Waals surface area (Å²) in [5.74, 6) is -0.895. The van der Waals surface area contributed by atoms with Crippen LogP contribution in [0.4, 0.5) is 4.39 Å². The summed E-state index contributed by atoms with van der Waals surface area (Å²) in [4.78, 5) is 10.9. The molecule has 5 heteroatoms. The van der Waals surface area contributed by atoms with E-state index in [2.05, 4.69) is 0 Å². The number of nitrogens with two attached hydrogens (primary N) is 1. The minimum absolute atomic E-state index is 0.0888. The van der Waals surface area contributed by atoms with Crippen molar-refractivity contribution >= 4 is 17.7 Å². The number of carboxylic acids is 1. The topological polar surface area (TPSA) is 63.3 Å². The standard InChI is InChI=1S/C9H10FNO2S/c10-7-2-1-6(9(12)13)5-8(7)14-4-3-11/h1-2,5H,3-4,11H2,(H,12,13). The number of hydrogen-bond acceptors (Lipinski definition) is 3. The Hall–Kier alpha value is -1.07. The highest BCUT2D eigenvalue weighted by molar-refractivity contribution is 7.99. The average Bonchev–Trinajstić information content (AvgIpc) is 2.16. The third-order valence-corrected chi connectivity index (χ3v) is 2.62. The summed E-state index contributed by atoms with van der Waals surface area (Å²) in [5.41, 5.74) is 5.35. The Bertz CT molecular complexity index is 344. The lowest BCUT2D eigenvalue weighted by molar-refractivity contribution is 0.0696. The lowest BCUT2D eigenvalue weighted by Crippen LogP contribution is -2.02. The lowest BCUT2D eigenvalue weighted by Gasteiger charge is -2.02. The van der Waals surface area contributed by atoms with Crippen LogP contribution in [0.5, 0.6) is 0 Å². The normalized spacial score (nSPS) is 10.1. The van der Waals surface area contributed by atoms with Crippen LogP contribution >= 0.6 is 11.8 Å². The Morgan fingerprint density at radius 3 is 2.86 bits per heavy atom. The van der Waals surface area contributed by atoms with Gasteiger partial charge in [0.2, 0.25) is 0 Å². The van der Waals surface area contributed by atoms with Gasteiger partial charge in [0.1, 0.15) is 5.82 Å². The second-order valence-electron chi connectivity index (χ2n) is 2.59. The molecule has 1 aromatic carbocycles. The van der Waals surface area contributed by atoms with Gasteiger partial charge >= 0.3 is 5.97 Å². The summed E-state index contributed by atoms with van der Waals surface area (Å²) in [5, 5.41) is 8.67. The predicted octanol–water partition coefficient (Wildman–Crippen LogP) is 1.57. The van der Waals surface area contributed by atoms with Gasteiger partial charge in [-0.1, -0.05) is 0 Å². The van der Waals surface area contributed by atoms with Crippen LogP contribution in [0.15, 0.2) is 23.1 Å². The van der Waals surface area contributed by atoms with Gasteiger partial charge < -0.3 is 10.8 Å². The van der Waals surface area contributed by atoms with Gasteiger partial charge in [0, 0.05) is 17.2 Å². The van der Waals surface area contributed by atoms with Crippen molar-refractivity contribution in [2.45, 2.75) is 4.90 Å². The molecule has 0 atom stereocenters. The molecule has 1 rings (SSSR count). The summed E-state index contributed by atoms with van der Waals surface area (Å²) in [7, 11) is 0. The van der Waals surface area contributed by atoms with Crippen molar-refractivity contribution < 1.29 is 14.3 Å². The second kappa shape index (κ2) is 4.97. The van der Waals surface area contributed by atoms with Crippen molar-refractivity contribution in [1.29, 1.82) is 0 Å².